The maximum atomic E-state index is 13.0. The van der Waals surface area contributed by atoms with E-state index in [1.165, 1.54) is 13.2 Å². The van der Waals surface area contributed by atoms with Gasteiger partial charge in [0.25, 0.3) is 0 Å². The van der Waals surface area contributed by atoms with Gasteiger partial charge in [0.1, 0.15) is 0 Å². The van der Waals surface area contributed by atoms with Gasteiger partial charge in [-0.25, -0.2) is 4.39 Å². The SMILES string of the molecule is COc1cc(C=CCCS)cc(F)c1F. The van der Waals surface area contributed by atoms with Crippen LogP contribution in [0.25, 0.3) is 6.08 Å². The van der Waals surface area contributed by atoms with Crippen LogP contribution in [0, 0.1) is 11.6 Å². The first-order valence-corrected chi connectivity index (χ1v) is 5.12. The Bertz CT molecular complexity index is 364. The highest BCUT2D eigenvalue weighted by atomic mass is 32.1. The van der Waals surface area contributed by atoms with Crippen molar-refractivity contribution in [3.05, 3.63) is 35.4 Å². The molecule has 0 saturated heterocycles. The molecule has 0 unspecified atom stereocenters. The van der Waals surface area contributed by atoms with Crippen molar-refractivity contribution >= 4 is 18.7 Å². The quantitative estimate of drug-likeness (QED) is 0.781. The fourth-order valence-electron chi connectivity index (χ4n) is 1.12. The van der Waals surface area contributed by atoms with E-state index in [-0.39, 0.29) is 5.75 Å². The van der Waals surface area contributed by atoms with Gasteiger partial charge in [-0.2, -0.15) is 17.0 Å². The van der Waals surface area contributed by atoms with E-state index in [1.807, 2.05) is 6.08 Å². The van der Waals surface area contributed by atoms with Gasteiger partial charge in [0, 0.05) is 0 Å². The molecule has 4 heteroatoms. The fourth-order valence-corrected chi connectivity index (χ4v) is 1.27. The summed E-state index contributed by atoms with van der Waals surface area (Å²) in [6, 6.07) is 2.58. The Morgan fingerprint density at radius 3 is 2.73 bits per heavy atom. The number of hydrogen-bond donors (Lipinski definition) is 1. The van der Waals surface area contributed by atoms with E-state index in [0.29, 0.717) is 5.56 Å². The third-order valence-corrected chi connectivity index (χ3v) is 2.10. The van der Waals surface area contributed by atoms with Crippen LogP contribution < -0.4 is 4.74 Å². The third-order valence-electron chi connectivity index (χ3n) is 1.84. The predicted octanol–water partition coefficient (Wildman–Crippen LogP) is 3.31. The van der Waals surface area contributed by atoms with E-state index in [9.17, 15) is 8.78 Å². The van der Waals surface area contributed by atoms with E-state index < -0.39 is 11.6 Å². The minimum Gasteiger partial charge on any atom is -0.494 e. The van der Waals surface area contributed by atoms with Gasteiger partial charge in [-0.1, -0.05) is 12.2 Å². The van der Waals surface area contributed by atoms with Crippen LogP contribution in [0.5, 0.6) is 5.75 Å². The fraction of sp³-hybridized carbons (Fsp3) is 0.273. The first-order valence-electron chi connectivity index (χ1n) is 4.49. The molecule has 0 atom stereocenters. The van der Waals surface area contributed by atoms with Crippen LogP contribution in [-0.4, -0.2) is 12.9 Å². The maximum Gasteiger partial charge on any atom is 0.200 e. The average molecular weight is 230 g/mol. The van der Waals surface area contributed by atoms with Crippen molar-refractivity contribution in [1.82, 2.24) is 0 Å². The van der Waals surface area contributed by atoms with Gasteiger partial charge in [-0.3, -0.25) is 0 Å². The zero-order valence-corrected chi connectivity index (χ0v) is 9.23. The first kappa shape index (κ1) is 12.0. The minimum atomic E-state index is -0.955. The van der Waals surface area contributed by atoms with Gasteiger partial charge >= 0.3 is 0 Å². The molecule has 0 radical (unpaired) electrons. The number of rotatable bonds is 4. The topological polar surface area (TPSA) is 9.23 Å². The van der Waals surface area contributed by atoms with Crippen LogP contribution >= 0.6 is 12.6 Å². The zero-order chi connectivity index (χ0) is 11.3. The molecule has 15 heavy (non-hydrogen) atoms. The van der Waals surface area contributed by atoms with E-state index in [4.69, 9.17) is 4.74 Å². The molecule has 0 N–H and O–H groups in total. The highest BCUT2D eigenvalue weighted by molar-refractivity contribution is 7.80. The molecule has 0 heterocycles. The predicted molar refractivity (Wildman–Crippen MR) is 60.4 cm³/mol. The maximum absolute atomic E-state index is 13.0. The molecule has 1 rings (SSSR count). The van der Waals surface area contributed by atoms with Crippen LogP contribution in [-0.2, 0) is 0 Å². The zero-order valence-electron chi connectivity index (χ0n) is 8.34. The summed E-state index contributed by atoms with van der Waals surface area (Å²) < 4.78 is 30.8. The van der Waals surface area contributed by atoms with Crippen LogP contribution in [0.15, 0.2) is 18.2 Å². The van der Waals surface area contributed by atoms with E-state index in [1.54, 1.807) is 6.08 Å². The first-order chi connectivity index (χ1) is 7.19. The molecule has 0 saturated carbocycles. The van der Waals surface area contributed by atoms with Crippen molar-refractivity contribution in [1.29, 1.82) is 0 Å². The summed E-state index contributed by atoms with van der Waals surface area (Å²) in [5.74, 6) is -1.22. The van der Waals surface area contributed by atoms with E-state index in [0.717, 1.165) is 18.2 Å². The highest BCUT2D eigenvalue weighted by Gasteiger charge is 2.09. The second kappa shape index (κ2) is 5.75. The van der Waals surface area contributed by atoms with Crippen molar-refractivity contribution in [2.24, 2.45) is 0 Å². The number of allylic oxidation sites excluding steroid dienone is 1. The van der Waals surface area contributed by atoms with Gasteiger partial charge < -0.3 is 4.74 Å². The Kier molecular flexibility index (Phi) is 4.62. The van der Waals surface area contributed by atoms with E-state index in [2.05, 4.69) is 12.6 Å². The lowest BCUT2D eigenvalue weighted by Gasteiger charge is -2.03. The second-order valence-corrected chi connectivity index (χ2v) is 3.38. The van der Waals surface area contributed by atoms with E-state index >= 15 is 0 Å². The van der Waals surface area contributed by atoms with Crippen molar-refractivity contribution < 1.29 is 13.5 Å². The van der Waals surface area contributed by atoms with Crippen LogP contribution in [0.1, 0.15) is 12.0 Å². The molecule has 0 aromatic heterocycles. The smallest absolute Gasteiger partial charge is 0.200 e. The van der Waals surface area contributed by atoms with Crippen LogP contribution in [0.4, 0.5) is 8.78 Å². The van der Waals surface area contributed by atoms with Gasteiger partial charge in [0.2, 0.25) is 5.82 Å². The molecule has 0 amide bonds. The molecule has 0 spiro atoms. The lowest BCUT2D eigenvalue weighted by Crippen LogP contribution is -1.93. The summed E-state index contributed by atoms with van der Waals surface area (Å²) in [7, 11) is 1.30. The van der Waals surface area contributed by atoms with Crippen molar-refractivity contribution in [3.63, 3.8) is 0 Å². The second-order valence-electron chi connectivity index (χ2n) is 2.93. The largest absolute Gasteiger partial charge is 0.494 e. The van der Waals surface area contributed by atoms with Gasteiger partial charge in [0.15, 0.2) is 11.6 Å². The summed E-state index contributed by atoms with van der Waals surface area (Å²) in [4.78, 5) is 0. The summed E-state index contributed by atoms with van der Waals surface area (Å²) in [6.07, 6.45) is 4.34. The summed E-state index contributed by atoms with van der Waals surface area (Å²) in [5, 5.41) is 0. The molecule has 1 aromatic rings. The molecule has 0 aliphatic carbocycles. The number of thiol groups is 1. The third kappa shape index (κ3) is 3.23. The number of benzene rings is 1. The lowest BCUT2D eigenvalue weighted by atomic mass is 10.2. The summed E-state index contributed by atoms with van der Waals surface area (Å²) >= 11 is 4.03. The number of ether oxygens (including phenoxy) is 1. The molecule has 0 fully saturated rings. The standard InChI is InChI=1S/C11H12F2OS/c1-14-10-7-8(4-2-3-5-15)6-9(12)11(10)13/h2,4,6-7,15H,3,5H2,1H3. The lowest BCUT2D eigenvalue weighted by molar-refractivity contribution is 0.371. The Balaban J connectivity index is 2.95. The molecule has 0 aliphatic rings. The van der Waals surface area contributed by atoms with Crippen molar-refractivity contribution in [2.75, 3.05) is 12.9 Å². The van der Waals surface area contributed by atoms with Crippen LogP contribution in [0.3, 0.4) is 0 Å². The Labute approximate surface area is 93.2 Å². The normalized spacial score (nSPS) is 10.9. The molecule has 0 bridgehead atoms. The molecular formula is C11H12F2OS. The highest BCUT2D eigenvalue weighted by Crippen LogP contribution is 2.22. The van der Waals surface area contributed by atoms with Crippen molar-refractivity contribution in [3.8, 4) is 5.75 Å². The Morgan fingerprint density at radius 1 is 1.40 bits per heavy atom. The molecule has 82 valence electrons. The summed E-state index contributed by atoms with van der Waals surface area (Å²) in [5.41, 5.74) is 0.576. The number of hydrogen-bond acceptors (Lipinski definition) is 2. The Morgan fingerprint density at radius 2 is 2.13 bits per heavy atom. The monoisotopic (exact) mass is 230 g/mol. The van der Waals surface area contributed by atoms with Gasteiger partial charge in [-0.05, 0) is 29.9 Å². The molecule has 0 aliphatic heterocycles. The van der Waals surface area contributed by atoms with Gasteiger partial charge in [0.05, 0.1) is 7.11 Å². The van der Waals surface area contributed by atoms with Gasteiger partial charge in [-0.15, -0.1) is 0 Å². The minimum absolute atomic E-state index is 0.0828. The molecule has 1 aromatic carbocycles. The number of halogens is 2. The van der Waals surface area contributed by atoms with Crippen LogP contribution in [0.2, 0.25) is 0 Å². The Hall–Kier alpha value is -1.03. The molecule has 1 nitrogen and oxygen atoms in total. The summed E-state index contributed by atoms with van der Waals surface area (Å²) in [6.45, 7) is 0. The average Bonchev–Trinajstić information content (AvgIpc) is 2.23. The number of methoxy groups -OCH3 is 1. The van der Waals surface area contributed by atoms with Crippen molar-refractivity contribution in [2.45, 2.75) is 6.42 Å². The molecular weight excluding hydrogens is 218 g/mol.